The van der Waals surface area contributed by atoms with Gasteiger partial charge in [-0.25, -0.2) is 4.79 Å². The molecule has 0 saturated carbocycles. The maximum absolute atomic E-state index is 11.4. The molecule has 1 N–H and O–H groups in total. The third-order valence-corrected chi connectivity index (χ3v) is 2.79. The summed E-state index contributed by atoms with van der Waals surface area (Å²) in [6.45, 7) is 5.80. The summed E-state index contributed by atoms with van der Waals surface area (Å²) in [5.41, 5.74) is 1.98. The van der Waals surface area contributed by atoms with Gasteiger partial charge in [0.15, 0.2) is 0 Å². The Hall–Kier alpha value is -2.11. The van der Waals surface area contributed by atoms with Crippen LogP contribution in [-0.4, -0.2) is 17.6 Å². The van der Waals surface area contributed by atoms with E-state index < -0.39 is 11.0 Å². The van der Waals surface area contributed by atoms with E-state index in [1.165, 1.54) is 6.07 Å². The van der Waals surface area contributed by atoms with E-state index in [2.05, 4.69) is 5.32 Å². The van der Waals surface area contributed by atoms with Gasteiger partial charge in [0.1, 0.15) is 5.69 Å². The zero-order chi connectivity index (χ0) is 14.4. The third-order valence-electron chi connectivity index (χ3n) is 2.79. The van der Waals surface area contributed by atoms with Crippen molar-refractivity contribution >= 4 is 17.5 Å². The van der Waals surface area contributed by atoms with E-state index in [4.69, 9.17) is 4.74 Å². The number of carbonyl (C=O) groups is 1. The van der Waals surface area contributed by atoms with Crippen molar-refractivity contribution in [3.05, 3.63) is 33.4 Å². The largest absolute Gasteiger partial charge is 0.450 e. The highest BCUT2D eigenvalue weighted by Crippen LogP contribution is 2.29. The molecule has 0 atom stereocenters. The average Bonchev–Trinajstić information content (AvgIpc) is 2.38. The second-order valence-electron chi connectivity index (χ2n) is 3.95. The van der Waals surface area contributed by atoms with Gasteiger partial charge in [-0.2, -0.15) is 0 Å². The summed E-state index contributed by atoms with van der Waals surface area (Å²) in [6.07, 6.45) is 0.777. The lowest BCUT2D eigenvalue weighted by molar-refractivity contribution is -0.384. The molecule has 6 heteroatoms. The number of hydrogen-bond acceptors (Lipinski definition) is 4. The lowest BCUT2D eigenvalue weighted by Gasteiger charge is -2.11. The third kappa shape index (κ3) is 3.67. The van der Waals surface area contributed by atoms with Crippen LogP contribution in [0.5, 0.6) is 0 Å². The summed E-state index contributed by atoms with van der Waals surface area (Å²) < 4.78 is 4.74. The number of anilines is 1. The second kappa shape index (κ2) is 6.72. The van der Waals surface area contributed by atoms with Gasteiger partial charge in [0.25, 0.3) is 5.69 Å². The molecule has 104 valence electrons. The molecule has 0 spiro atoms. The minimum atomic E-state index is -0.683. The predicted molar refractivity (Wildman–Crippen MR) is 72.5 cm³/mol. The van der Waals surface area contributed by atoms with E-state index in [0.29, 0.717) is 6.42 Å². The molecule has 0 radical (unpaired) electrons. The van der Waals surface area contributed by atoms with Gasteiger partial charge in [0, 0.05) is 6.07 Å². The molecule has 0 aromatic heterocycles. The van der Waals surface area contributed by atoms with Crippen LogP contribution >= 0.6 is 0 Å². The zero-order valence-corrected chi connectivity index (χ0v) is 11.4. The number of nitrogens with one attached hydrogen (secondary N) is 1. The van der Waals surface area contributed by atoms with E-state index in [-0.39, 0.29) is 18.0 Å². The fourth-order valence-corrected chi connectivity index (χ4v) is 1.86. The first kappa shape index (κ1) is 14.9. The van der Waals surface area contributed by atoms with Crippen LogP contribution in [0.25, 0.3) is 0 Å². The first-order valence-corrected chi connectivity index (χ1v) is 6.27. The van der Waals surface area contributed by atoms with Crippen LogP contribution in [0.4, 0.5) is 16.2 Å². The van der Waals surface area contributed by atoms with Crippen LogP contribution in [0.1, 0.15) is 31.9 Å². The molecule has 1 aromatic carbocycles. The van der Waals surface area contributed by atoms with Gasteiger partial charge in [-0.05, 0) is 37.0 Å². The van der Waals surface area contributed by atoms with Crippen LogP contribution in [0.2, 0.25) is 0 Å². The number of benzene rings is 1. The molecular weight excluding hydrogens is 248 g/mol. The number of nitrogens with zero attached hydrogens (tertiary/aromatic N) is 1. The van der Waals surface area contributed by atoms with E-state index in [1.807, 2.05) is 13.8 Å². The van der Waals surface area contributed by atoms with Crippen LogP contribution in [-0.2, 0) is 17.6 Å². The Bertz CT molecular complexity index is 486. The van der Waals surface area contributed by atoms with E-state index in [1.54, 1.807) is 13.0 Å². The van der Waals surface area contributed by atoms with E-state index in [0.717, 1.165) is 17.5 Å². The van der Waals surface area contributed by atoms with Crippen molar-refractivity contribution in [1.29, 1.82) is 0 Å². The van der Waals surface area contributed by atoms with Crippen molar-refractivity contribution < 1.29 is 14.5 Å². The molecule has 1 rings (SSSR count). The molecule has 6 nitrogen and oxygen atoms in total. The minimum Gasteiger partial charge on any atom is -0.450 e. The fourth-order valence-electron chi connectivity index (χ4n) is 1.86. The summed E-state index contributed by atoms with van der Waals surface area (Å²) in [4.78, 5) is 21.9. The molecule has 0 saturated heterocycles. The fraction of sp³-hybridized carbons (Fsp3) is 0.462. The van der Waals surface area contributed by atoms with Crippen LogP contribution < -0.4 is 5.32 Å². The topological polar surface area (TPSA) is 81.5 Å². The molecule has 19 heavy (non-hydrogen) atoms. The quantitative estimate of drug-likeness (QED) is 0.655. The molecule has 1 amide bonds. The predicted octanol–water partition coefficient (Wildman–Crippen LogP) is 3.29. The Labute approximate surface area is 111 Å². The first-order valence-electron chi connectivity index (χ1n) is 6.27. The standard InChI is InChI=1S/C13H18N2O4/c1-4-9-7-11(14-13(16)19-6-3)12(15(17)18)8-10(9)5-2/h7-8H,4-6H2,1-3H3,(H,14,16). The lowest BCUT2D eigenvalue weighted by atomic mass is 10.0. The molecule has 0 heterocycles. The number of aryl methyl sites for hydroxylation is 2. The normalized spacial score (nSPS) is 10.1. The Morgan fingerprint density at radius 1 is 1.26 bits per heavy atom. The van der Waals surface area contributed by atoms with Crippen LogP contribution in [0.3, 0.4) is 0 Å². The summed E-state index contributed by atoms with van der Waals surface area (Å²) >= 11 is 0. The highest BCUT2D eigenvalue weighted by molar-refractivity contribution is 5.88. The van der Waals surface area contributed by atoms with Gasteiger partial charge < -0.3 is 4.74 Å². The molecule has 0 aliphatic heterocycles. The Kier molecular flexibility index (Phi) is 5.29. The number of carbonyl (C=O) groups excluding carboxylic acids is 1. The number of amides is 1. The molecule has 0 aliphatic carbocycles. The molecule has 0 fully saturated rings. The molecule has 0 unspecified atom stereocenters. The SMILES string of the molecule is CCOC(=O)Nc1cc(CC)c(CC)cc1[N+](=O)[O-]. The summed E-state index contributed by atoms with van der Waals surface area (Å²) in [7, 11) is 0. The van der Waals surface area contributed by atoms with E-state index in [9.17, 15) is 14.9 Å². The van der Waals surface area contributed by atoms with Gasteiger partial charge in [-0.1, -0.05) is 13.8 Å². The Balaban J connectivity index is 3.19. The number of nitro groups is 1. The van der Waals surface area contributed by atoms with E-state index >= 15 is 0 Å². The molecule has 0 aliphatic rings. The van der Waals surface area contributed by atoms with Crippen LogP contribution in [0.15, 0.2) is 12.1 Å². The first-order chi connectivity index (χ1) is 9.03. The van der Waals surface area contributed by atoms with Gasteiger partial charge in [0.05, 0.1) is 11.5 Å². The Morgan fingerprint density at radius 2 is 1.84 bits per heavy atom. The van der Waals surface area contributed by atoms with Crippen molar-refractivity contribution in [2.24, 2.45) is 0 Å². The summed E-state index contributed by atoms with van der Waals surface area (Å²) in [5, 5.41) is 13.5. The zero-order valence-electron chi connectivity index (χ0n) is 11.4. The molecule has 1 aromatic rings. The van der Waals surface area contributed by atoms with Crippen molar-refractivity contribution in [2.75, 3.05) is 11.9 Å². The Morgan fingerprint density at radius 3 is 2.32 bits per heavy atom. The second-order valence-corrected chi connectivity index (χ2v) is 3.95. The van der Waals surface area contributed by atoms with Gasteiger partial charge in [-0.3, -0.25) is 15.4 Å². The number of rotatable bonds is 5. The molecular formula is C13H18N2O4. The summed E-state index contributed by atoms with van der Waals surface area (Å²) in [6, 6.07) is 3.16. The number of hydrogen-bond donors (Lipinski definition) is 1. The highest BCUT2D eigenvalue weighted by Gasteiger charge is 2.19. The maximum atomic E-state index is 11.4. The van der Waals surface area contributed by atoms with Crippen molar-refractivity contribution in [2.45, 2.75) is 33.6 Å². The highest BCUT2D eigenvalue weighted by atomic mass is 16.6. The lowest BCUT2D eigenvalue weighted by Crippen LogP contribution is -2.15. The number of nitro benzene ring substituents is 1. The van der Waals surface area contributed by atoms with Gasteiger partial charge in [-0.15, -0.1) is 0 Å². The summed E-state index contributed by atoms with van der Waals surface area (Å²) in [5.74, 6) is 0. The van der Waals surface area contributed by atoms with Crippen LogP contribution in [0, 0.1) is 10.1 Å². The molecule has 0 bridgehead atoms. The van der Waals surface area contributed by atoms with Crippen molar-refractivity contribution in [1.82, 2.24) is 0 Å². The van der Waals surface area contributed by atoms with Gasteiger partial charge in [0.2, 0.25) is 0 Å². The average molecular weight is 266 g/mol. The number of ether oxygens (including phenoxy) is 1. The minimum absolute atomic E-state index is 0.109. The van der Waals surface area contributed by atoms with Crippen molar-refractivity contribution in [3.8, 4) is 0 Å². The van der Waals surface area contributed by atoms with Crippen molar-refractivity contribution in [3.63, 3.8) is 0 Å². The van der Waals surface area contributed by atoms with Gasteiger partial charge >= 0.3 is 6.09 Å². The monoisotopic (exact) mass is 266 g/mol. The maximum Gasteiger partial charge on any atom is 0.411 e. The smallest absolute Gasteiger partial charge is 0.411 e.